The number of benzene rings is 2. The van der Waals surface area contributed by atoms with Crippen molar-refractivity contribution in [3.8, 4) is 0 Å². The number of nitrogens with one attached hydrogen (secondary N) is 1. The second-order valence-corrected chi connectivity index (χ2v) is 5.37. The zero-order chi connectivity index (χ0) is 16.1. The minimum atomic E-state index is -0.729. The molecule has 0 aromatic heterocycles. The molecule has 2 aromatic carbocycles. The van der Waals surface area contributed by atoms with E-state index in [2.05, 4.69) is 5.32 Å². The van der Waals surface area contributed by atoms with Crippen LogP contribution in [-0.2, 0) is 11.2 Å². The van der Waals surface area contributed by atoms with Gasteiger partial charge >= 0.3 is 0 Å². The number of hydrogen-bond acceptors (Lipinski definition) is 2. The zero-order valence-electron chi connectivity index (χ0n) is 12.8. The summed E-state index contributed by atoms with van der Waals surface area (Å²) in [5, 5.41) is 2.72. The molecule has 0 unspecified atom stereocenters. The number of hydrogen-bond donors (Lipinski definition) is 2. The molecule has 0 bridgehead atoms. The fourth-order valence-corrected chi connectivity index (χ4v) is 2.43. The van der Waals surface area contributed by atoms with Crippen LogP contribution in [0.25, 0.3) is 0 Å². The van der Waals surface area contributed by atoms with Gasteiger partial charge in [0.15, 0.2) is 0 Å². The van der Waals surface area contributed by atoms with Crippen molar-refractivity contribution in [3.63, 3.8) is 0 Å². The van der Waals surface area contributed by atoms with E-state index in [1.807, 2.05) is 38.1 Å². The minimum Gasteiger partial charge on any atom is -0.368 e. The van der Waals surface area contributed by atoms with Gasteiger partial charge in [0.05, 0.1) is 0 Å². The molecule has 2 amide bonds. The maximum Gasteiger partial charge on any atom is 0.251 e. The van der Waals surface area contributed by atoms with Gasteiger partial charge in [-0.2, -0.15) is 0 Å². The van der Waals surface area contributed by atoms with E-state index in [-0.39, 0.29) is 5.91 Å². The van der Waals surface area contributed by atoms with Crippen molar-refractivity contribution < 1.29 is 9.59 Å². The van der Waals surface area contributed by atoms with E-state index < -0.39 is 11.9 Å². The Morgan fingerprint density at radius 2 is 1.59 bits per heavy atom. The van der Waals surface area contributed by atoms with Crippen molar-refractivity contribution in [1.29, 1.82) is 0 Å². The molecule has 2 aromatic rings. The maximum atomic E-state index is 12.2. The van der Waals surface area contributed by atoms with Crippen LogP contribution >= 0.6 is 0 Å². The lowest BCUT2D eigenvalue weighted by molar-refractivity contribution is -0.119. The van der Waals surface area contributed by atoms with Crippen molar-refractivity contribution >= 4 is 11.8 Å². The molecule has 0 heterocycles. The van der Waals surface area contributed by atoms with E-state index >= 15 is 0 Å². The predicted molar refractivity (Wildman–Crippen MR) is 86.5 cm³/mol. The molecule has 114 valence electrons. The van der Waals surface area contributed by atoms with E-state index in [0.717, 1.165) is 16.7 Å². The van der Waals surface area contributed by atoms with E-state index in [4.69, 9.17) is 5.73 Å². The van der Waals surface area contributed by atoms with E-state index in [1.165, 1.54) is 0 Å². The smallest absolute Gasteiger partial charge is 0.251 e. The lowest BCUT2D eigenvalue weighted by atomic mass is 9.96. The highest BCUT2D eigenvalue weighted by molar-refractivity contribution is 5.97. The van der Waals surface area contributed by atoms with Gasteiger partial charge in [0.2, 0.25) is 5.91 Å². The normalized spacial score (nSPS) is 11.7. The Balaban J connectivity index is 2.18. The Morgan fingerprint density at radius 1 is 1.00 bits per heavy atom. The predicted octanol–water partition coefficient (Wildman–Crippen LogP) is 2.13. The molecule has 1 atom stereocenters. The number of amides is 2. The summed E-state index contributed by atoms with van der Waals surface area (Å²) < 4.78 is 0. The number of carbonyl (C=O) groups is 2. The zero-order valence-corrected chi connectivity index (χ0v) is 12.8. The van der Waals surface area contributed by atoms with Gasteiger partial charge in [-0.3, -0.25) is 9.59 Å². The van der Waals surface area contributed by atoms with Crippen LogP contribution in [0.4, 0.5) is 0 Å². The quantitative estimate of drug-likeness (QED) is 0.887. The van der Waals surface area contributed by atoms with Gasteiger partial charge in [-0.1, -0.05) is 36.4 Å². The Morgan fingerprint density at radius 3 is 2.14 bits per heavy atom. The molecule has 0 fully saturated rings. The van der Waals surface area contributed by atoms with Crippen molar-refractivity contribution in [2.45, 2.75) is 26.3 Å². The fraction of sp³-hybridized carbons (Fsp3) is 0.222. The number of rotatable bonds is 5. The molecule has 0 saturated heterocycles. The molecule has 4 heteroatoms. The topological polar surface area (TPSA) is 72.2 Å². The summed E-state index contributed by atoms with van der Waals surface area (Å²) in [5.74, 6) is -0.831. The van der Waals surface area contributed by atoms with E-state index in [0.29, 0.717) is 12.0 Å². The first-order chi connectivity index (χ1) is 10.5. The van der Waals surface area contributed by atoms with E-state index in [9.17, 15) is 9.59 Å². The van der Waals surface area contributed by atoms with Crippen molar-refractivity contribution in [1.82, 2.24) is 5.32 Å². The van der Waals surface area contributed by atoms with Crippen molar-refractivity contribution in [2.75, 3.05) is 0 Å². The van der Waals surface area contributed by atoms with Gasteiger partial charge in [0, 0.05) is 12.0 Å². The maximum absolute atomic E-state index is 12.2. The van der Waals surface area contributed by atoms with Gasteiger partial charge in [-0.25, -0.2) is 0 Å². The highest BCUT2D eigenvalue weighted by Crippen LogP contribution is 2.15. The van der Waals surface area contributed by atoms with Crippen LogP contribution in [-0.4, -0.2) is 17.9 Å². The third kappa shape index (κ3) is 3.73. The van der Waals surface area contributed by atoms with Crippen LogP contribution in [0, 0.1) is 13.8 Å². The summed E-state index contributed by atoms with van der Waals surface area (Å²) in [4.78, 5) is 23.9. The fourth-order valence-electron chi connectivity index (χ4n) is 2.43. The van der Waals surface area contributed by atoms with Crippen LogP contribution < -0.4 is 11.1 Å². The van der Waals surface area contributed by atoms with Crippen LogP contribution in [0.3, 0.4) is 0 Å². The standard InChI is InChI=1S/C18H20N2O2/c1-12-7-6-8-13(2)15(12)11-16(17(19)21)20-18(22)14-9-4-3-5-10-14/h3-10,16H,11H2,1-2H3,(H2,19,21)(H,20,22)/t16-/m0/s1. The lowest BCUT2D eigenvalue weighted by Gasteiger charge is -2.18. The molecule has 0 radical (unpaired) electrons. The lowest BCUT2D eigenvalue weighted by Crippen LogP contribution is -2.46. The monoisotopic (exact) mass is 296 g/mol. The highest BCUT2D eigenvalue weighted by Gasteiger charge is 2.20. The summed E-state index contributed by atoms with van der Waals surface area (Å²) in [5.41, 5.74) is 9.18. The molecule has 0 spiro atoms. The summed E-state index contributed by atoms with van der Waals surface area (Å²) >= 11 is 0. The molecular weight excluding hydrogens is 276 g/mol. The van der Waals surface area contributed by atoms with E-state index in [1.54, 1.807) is 24.3 Å². The summed E-state index contributed by atoms with van der Waals surface area (Å²) in [6.45, 7) is 3.97. The Bertz CT molecular complexity index is 660. The van der Waals surface area contributed by atoms with Crippen LogP contribution in [0.5, 0.6) is 0 Å². The molecule has 0 saturated carbocycles. The Labute approximate surface area is 130 Å². The number of aryl methyl sites for hydroxylation is 2. The Kier molecular flexibility index (Phi) is 4.94. The first-order valence-electron chi connectivity index (χ1n) is 7.19. The molecule has 4 nitrogen and oxygen atoms in total. The second-order valence-electron chi connectivity index (χ2n) is 5.37. The molecular formula is C18H20N2O2. The summed E-state index contributed by atoms with van der Waals surface area (Å²) in [6.07, 6.45) is 0.395. The summed E-state index contributed by atoms with van der Waals surface area (Å²) in [6, 6.07) is 14.0. The third-order valence-corrected chi connectivity index (χ3v) is 3.74. The molecule has 3 N–H and O–H groups in total. The van der Waals surface area contributed by atoms with Gasteiger partial charge < -0.3 is 11.1 Å². The van der Waals surface area contributed by atoms with Gasteiger partial charge in [-0.15, -0.1) is 0 Å². The van der Waals surface area contributed by atoms with Gasteiger partial charge in [-0.05, 0) is 42.7 Å². The second kappa shape index (κ2) is 6.89. The number of primary amides is 1. The average molecular weight is 296 g/mol. The number of nitrogens with two attached hydrogens (primary N) is 1. The highest BCUT2D eigenvalue weighted by atomic mass is 16.2. The van der Waals surface area contributed by atoms with Crippen LogP contribution in [0.15, 0.2) is 48.5 Å². The first kappa shape index (κ1) is 15.8. The van der Waals surface area contributed by atoms with Crippen LogP contribution in [0.2, 0.25) is 0 Å². The summed E-state index contributed by atoms with van der Waals surface area (Å²) in [7, 11) is 0. The number of carbonyl (C=O) groups excluding carboxylic acids is 2. The van der Waals surface area contributed by atoms with Crippen molar-refractivity contribution in [3.05, 3.63) is 70.8 Å². The van der Waals surface area contributed by atoms with Crippen LogP contribution in [0.1, 0.15) is 27.0 Å². The largest absolute Gasteiger partial charge is 0.368 e. The van der Waals surface area contributed by atoms with Gasteiger partial charge in [0.1, 0.15) is 6.04 Å². The minimum absolute atomic E-state index is 0.296. The molecule has 2 rings (SSSR count). The first-order valence-corrected chi connectivity index (χ1v) is 7.19. The average Bonchev–Trinajstić information content (AvgIpc) is 2.50. The molecule has 22 heavy (non-hydrogen) atoms. The SMILES string of the molecule is Cc1cccc(C)c1C[C@H](NC(=O)c1ccccc1)C(N)=O. The third-order valence-electron chi connectivity index (χ3n) is 3.74. The van der Waals surface area contributed by atoms with Crippen molar-refractivity contribution in [2.24, 2.45) is 5.73 Å². The Hall–Kier alpha value is -2.62. The molecule has 0 aliphatic carbocycles. The molecule has 0 aliphatic rings. The van der Waals surface area contributed by atoms with Gasteiger partial charge in [0.25, 0.3) is 5.91 Å². The molecule has 0 aliphatic heterocycles.